The van der Waals surface area contributed by atoms with E-state index in [1.807, 2.05) is 18.4 Å². The smallest absolute Gasteiger partial charge is 0.255 e. The minimum absolute atomic E-state index is 0.0202. The molecule has 0 fully saturated rings. The summed E-state index contributed by atoms with van der Waals surface area (Å²) in [5.41, 5.74) is 2.63. The second-order valence-corrected chi connectivity index (χ2v) is 6.66. The Hall–Kier alpha value is -2.43. The summed E-state index contributed by atoms with van der Waals surface area (Å²) in [6, 6.07) is 15.7. The van der Waals surface area contributed by atoms with Crippen LogP contribution in [0.2, 0.25) is 5.02 Å². The van der Waals surface area contributed by atoms with Crippen molar-refractivity contribution in [1.82, 2.24) is 0 Å². The number of nitrogens with one attached hydrogen (secondary N) is 1. The number of halogens is 1. The lowest BCUT2D eigenvalue weighted by molar-refractivity contribution is 0.102. The average molecular weight is 356 g/mol. The molecule has 1 aromatic heterocycles. The fourth-order valence-corrected chi connectivity index (χ4v) is 3.06. The van der Waals surface area contributed by atoms with Gasteiger partial charge in [0.1, 0.15) is 0 Å². The van der Waals surface area contributed by atoms with Gasteiger partial charge in [-0.15, -0.1) is 11.3 Å². The summed E-state index contributed by atoms with van der Waals surface area (Å²) in [5, 5.41) is 5.22. The summed E-state index contributed by atoms with van der Waals surface area (Å²) in [6.07, 6.45) is 0. The Labute approximate surface area is 148 Å². The van der Waals surface area contributed by atoms with Gasteiger partial charge in [-0.2, -0.15) is 0 Å². The Morgan fingerprint density at radius 2 is 1.71 bits per heavy atom. The van der Waals surface area contributed by atoms with Crippen LogP contribution in [0.25, 0.3) is 0 Å². The van der Waals surface area contributed by atoms with Crippen molar-refractivity contribution in [2.24, 2.45) is 0 Å². The van der Waals surface area contributed by atoms with Crippen molar-refractivity contribution >= 4 is 40.3 Å². The van der Waals surface area contributed by atoms with Crippen molar-refractivity contribution in [3.8, 4) is 0 Å². The third-order valence-corrected chi connectivity index (χ3v) is 4.86. The van der Waals surface area contributed by atoms with Crippen molar-refractivity contribution in [1.29, 1.82) is 0 Å². The molecule has 3 rings (SSSR count). The van der Waals surface area contributed by atoms with Gasteiger partial charge in [0.25, 0.3) is 5.91 Å². The maximum atomic E-state index is 12.2. The third kappa shape index (κ3) is 3.55. The number of amides is 1. The molecule has 0 saturated carbocycles. The zero-order valence-electron chi connectivity index (χ0n) is 12.9. The van der Waals surface area contributed by atoms with E-state index in [0.717, 1.165) is 5.56 Å². The molecule has 0 atom stereocenters. The summed E-state index contributed by atoms with van der Waals surface area (Å²) < 4.78 is 0. The number of hydrogen-bond donors (Lipinski definition) is 1. The van der Waals surface area contributed by atoms with Crippen molar-refractivity contribution in [2.75, 3.05) is 5.32 Å². The molecule has 0 aliphatic carbocycles. The van der Waals surface area contributed by atoms with Crippen molar-refractivity contribution in [3.05, 3.63) is 86.6 Å². The van der Waals surface area contributed by atoms with Crippen molar-refractivity contribution < 1.29 is 9.59 Å². The van der Waals surface area contributed by atoms with Crippen LogP contribution in [-0.2, 0) is 0 Å². The maximum Gasteiger partial charge on any atom is 0.255 e. The number of aryl methyl sites for hydroxylation is 1. The predicted octanol–water partition coefficient (Wildman–Crippen LogP) is 5.19. The molecule has 1 N–H and O–H groups in total. The number of carbonyl (C=O) groups is 2. The van der Waals surface area contributed by atoms with E-state index in [0.29, 0.717) is 26.7 Å². The van der Waals surface area contributed by atoms with Crippen LogP contribution < -0.4 is 5.32 Å². The number of anilines is 1. The molecule has 0 aliphatic heterocycles. The summed E-state index contributed by atoms with van der Waals surface area (Å²) in [4.78, 5) is 25.2. The van der Waals surface area contributed by atoms with Gasteiger partial charge in [0.05, 0.1) is 4.88 Å². The van der Waals surface area contributed by atoms with E-state index in [2.05, 4.69) is 5.32 Å². The first-order valence-corrected chi connectivity index (χ1v) is 8.56. The lowest BCUT2D eigenvalue weighted by Gasteiger charge is -2.07. The highest BCUT2D eigenvalue weighted by atomic mass is 35.5. The summed E-state index contributed by atoms with van der Waals surface area (Å²) in [6.45, 7) is 1.88. The van der Waals surface area contributed by atoms with Crippen LogP contribution in [-0.4, -0.2) is 11.7 Å². The fraction of sp³-hybridized carbons (Fsp3) is 0.0526. The molecule has 0 bridgehead atoms. The van der Waals surface area contributed by atoms with Crippen LogP contribution in [0.4, 0.5) is 5.69 Å². The largest absolute Gasteiger partial charge is 0.322 e. The Morgan fingerprint density at radius 1 is 1.00 bits per heavy atom. The lowest BCUT2D eigenvalue weighted by atomic mass is 10.1. The van der Waals surface area contributed by atoms with E-state index in [9.17, 15) is 9.59 Å². The number of carbonyl (C=O) groups excluding carboxylic acids is 2. The second kappa shape index (κ2) is 6.99. The number of rotatable bonds is 4. The molecule has 0 radical (unpaired) electrons. The highest BCUT2D eigenvalue weighted by Gasteiger charge is 2.11. The Kier molecular flexibility index (Phi) is 4.79. The molecule has 0 saturated heterocycles. The monoisotopic (exact) mass is 355 g/mol. The van der Waals surface area contributed by atoms with Gasteiger partial charge < -0.3 is 5.32 Å². The molecule has 24 heavy (non-hydrogen) atoms. The number of thiophene rings is 1. The minimum atomic E-state index is -0.241. The zero-order valence-corrected chi connectivity index (χ0v) is 14.4. The fourth-order valence-electron chi connectivity index (χ4n) is 2.19. The van der Waals surface area contributed by atoms with Crippen LogP contribution in [0.1, 0.15) is 31.2 Å². The van der Waals surface area contributed by atoms with Crippen molar-refractivity contribution in [2.45, 2.75) is 6.92 Å². The highest BCUT2D eigenvalue weighted by molar-refractivity contribution is 7.12. The third-order valence-electron chi connectivity index (χ3n) is 3.58. The molecule has 1 amide bonds. The van der Waals surface area contributed by atoms with Crippen LogP contribution in [0.15, 0.2) is 60.0 Å². The van der Waals surface area contributed by atoms with Gasteiger partial charge >= 0.3 is 0 Å². The molecule has 3 nitrogen and oxygen atoms in total. The Bertz CT molecular complexity index is 886. The van der Waals surface area contributed by atoms with E-state index in [1.165, 1.54) is 11.3 Å². The van der Waals surface area contributed by atoms with E-state index < -0.39 is 0 Å². The molecule has 2 aromatic carbocycles. The predicted molar refractivity (Wildman–Crippen MR) is 98.3 cm³/mol. The molecule has 0 aliphatic rings. The van der Waals surface area contributed by atoms with Crippen LogP contribution >= 0.6 is 22.9 Å². The topological polar surface area (TPSA) is 46.2 Å². The summed E-state index contributed by atoms with van der Waals surface area (Å²) >= 11 is 7.46. The molecule has 3 aromatic rings. The van der Waals surface area contributed by atoms with Gasteiger partial charge in [-0.3, -0.25) is 9.59 Å². The SMILES string of the molecule is Cc1ccc(C(=O)Nc2ccc(C(=O)c3cccs3)cc2)cc1Cl. The molecular weight excluding hydrogens is 342 g/mol. The highest BCUT2D eigenvalue weighted by Crippen LogP contribution is 2.19. The van der Waals surface area contributed by atoms with E-state index in [-0.39, 0.29) is 11.7 Å². The molecule has 0 spiro atoms. The van der Waals surface area contributed by atoms with E-state index >= 15 is 0 Å². The maximum absolute atomic E-state index is 12.2. The minimum Gasteiger partial charge on any atom is -0.322 e. The van der Waals surface area contributed by atoms with E-state index in [4.69, 9.17) is 11.6 Å². The first-order chi connectivity index (χ1) is 11.5. The molecule has 0 unspecified atom stereocenters. The lowest BCUT2D eigenvalue weighted by Crippen LogP contribution is -2.12. The normalized spacial score (nSPS) is 10.4. The van der Waals surface area contributed by atoms with Gasteiger partial charge in [0, 0.05) is 21.8 Å². The number of benzene rings is 2. The quantitative estimate of drug-likeness (QED) is 0.654. The van der Waals surface area contributed by atoms with Crippen LogP contribution in [0.5, 0.6) is 0 Å². The van der Waals surface area contributed by atoms with Gasteiger partial charge in [-0.05, 0) is 60.3 Å². The Balaban J connectivity index is 1.73. The van der Waals surface area contributed by atoms with Gasteiger partial charge in [-0.25, -0.2) is 0 Å². The van der Waals surface area contributed by atoms with Gasteiger partial charge in [0.15, 0.2) is 0 Å². The van der Waals surface area contributed by atoms with Crippen molar-refractivity contribution in [3.63, 3.8) is 0 Å². The summed E-state index contributed by atoms with van der Waals surface area (Å²) in [5.74, 6) is -0.262. The van der Waals surface area contributed by atoms with Crippen LogP contribution in [0, 0.1) is 6.92 Å². The second-order valence-electron chi connectivity index (χ2n) is 5.30. The molecule has 120 valence electrons. The first kappa shape index (κ1) is 16.4. The van der Waals surface area contributed by atoms with Crippen LogP contribution in [0.3, 0.4) is 0 Å². The van der Waals surface area contributed by atoms with E-state index in [1.54, 1.807) is 48.5 Å². The number of hydrogen-bond acceptors (Lipinski definition) is 3. The molecule has 5 heteroatoms. The Morgan fingerprint density at radius 3 is 2.33 bits per heavy atom. The summed E-state index contributed by atoms with van der Waals surface area (Å²) in [7, 11) is 0. The van der Waals surface area contributed by atoms with Gasteiger partial charge in [-0.1, -0.05) is 23.7 Å². The average Bonchev–Trinajstić information content (AvgIpc) is 3.12. The molecular formula is C19H14ClNO2S. The molecule has 1 heterocycles. The number of ketones is 1. The first-order valence-electron chi connectivity index (χ1n) is 7.30. The zero-order chi connectivity index (χ0) is 17.1. The standard InChI is InChI=1S/C19H14ClNO2S/c1-12-4-5-14(11-16(12)20)19(23)21-15-8-6-13(7-9-15)18(22)17-3-2-10-24-17/h2-11H,1H3,(H,21,23). The van der Waals surface area contributed by atoms with Gasteiger partial charge in [0.2, 0.25) is 5.78 Å².